The van der Waals surface area contributed by atoms with Crippen LogP contribution >= 0.6 is 0 Å². The number of aliphatic hydroxyl groups excluding tert-OH is 1. The van der Waals surface area contributed by atoms with Crippen molar-refractivity contribution in [2.75, 3.05) is 0 Å². The Morgan fingerprint density at radius 2 is 1.93 bits per heavy atom. The normalized spacial score (nSPS) is 12.6. The van der Waals surface area contributed by atoms with Gasteiger partial charge < -0.3 is 5.11 Å². The summed E-state index contributed by atoms with van der Waals surface area (Å²) in [5.41, 5.74) is 0.399. The standard InChI is InChI=1S/C11H12F2O/c1-7(2)6-10(14)11-8(12)4-3-5-9(11)13/h3-5,10,14H,1,6H2,2H3. The maximum absolute atomic E-state index is 13.1. The number of halogens is 2. The van der Waals surface area contributed by atoms with Crippen molar-refractivity contribution in [3.05, 3.63) is 47.5 Å². The van der Waals surface area contributed by atoms with E-state index in [0.717, 1.165) is 12.1 Å². The highest BCUT2D eigenvalue weighted by Gasteiger charge is 2.17. The highest BCUT2D eigenvalue weighted by molar-refractivity contribution is 5.23. The van der Waals surface area contributed by atoms with Crippen molar-refractivity contribution < 1.29 is 13.9 Å². The Bertz CT molecular complexity index is 327. The van der Waals surface area contributed by atoms with Crippen molar-refractivity contribution in [3.63, 3.8) is 0 Å². The molecule has 0 spiro atoms. The molecular weight excluding hydrogens is 186 g/mol. The van der Waals surface area contributed by atoms with Gasteiger partial charge in [-0.05, 0) is 25.5 Å². The van der Waals surface area contributed by atoms with Crippen molar-refractivity contribution >= 4 is 0 Å². The molecule has 76 valence electrons. The molecular formula is C11H12F2O. The van der Waals surface area contributed by atoms with Crippen molar-refractivity contribution in [3.8, 4) is 0 Å². The zero-order valence-electron chi connectivity index (χ0n) is 7.93. The second-order valence-corrected chi connectivity index (χ2v) is 3.31. The Morgan fingerprint density at radius 1 is 1.43 bits per heavy atom. The van der Waals surface area contributed by atoms with E-state index in [1.165, 1.54) is 6.07 Å². The van der Waals surface area contributed by atoms with Gasteiger partial charge in [0.2, 0.25) is 0 Å². The van der Waals surface area contributed by atoms with E-state index in [1.54, 1.807) is 6.92 Å². The van der Waals surface area contributed by atoms with Gasteiger partial charge in [-0.3, -0.25) is 0 Å². The quantitative estimate of drug-likeness (QED) is 0.740. The second kappa shape index (κ2) is 4.33. The first kappa shape index (κ1) is 10.9. The molecule has 0 saturated heterocycles. The number of hydrogen-bond donors (Lipinski definition) is 1. The van der Waals surface area contributed by atoms with Crippen molar-refractivity contribution in [2.24, 2.45) is 0 Å². The van der Waals surface area contributed by atoms with Crippen LogP contribution in [0.2, 0.25) is 0 Å². The Morgan fingerprint density at radius 3 is 2.36 bits per heavy atom. The minimum Gasteiger partial charge on any atom is -0.388 e. The van der Waals surface area contributed by atoms with Crippen LogP contribution in [-0.4, -0.2) is 5.11 Å². The van der Waals surface area contributed by atoms with E-state index in [1.807, 2.05) is 0 Å². The molecule has 1 rings (SSSR count). The van der Waals surface area contributed by atoms with Crippen molar-refractivity contribution in [2.45, 2.75) is 19.4 Å². The van der Waals surface area contributed by atoms with Gasteiger partial charge in [0.1, 0.15) is 11.6 Å². The van der Waals surface area contributed by atoms with E-state index >= 15 is 0 Å². The molecule has 3 heteroatoms. The average Bonchev–Trinajstić information content (AvgIpc) is 2.01. The Balaban J connectivity index is 2.99. The van der Waals surface area contributed by atoms with Crippen LogP contribution in [0.15, 0.2) is 30.4 Å². The van der Waals surface area contributed by atoms with Gasteiger partial charge >= 0.3 is 0 Å². The topological polar surface area (TPSA) is 20.2 Å². The molecule has 1 nitrogen and oxygen atoms in total. The minimum atomic E-state index is -1.16. The molecule has 0 aliphatic heterocycles. The summed E-state index contributed by atoms with van der Waals surface area (Å²) in [4.78, 5) is 0. The smallest absolute Gasteiger partial charge is 0.131 e. The largest absolute Gasteiger partial charge is 0.388 e. The van der Waals surface area contributed by atoms with Crippen LogP contribution in [0, 0.1) is 11.6 Å². The predicted molar refractivity (Wildman–Crippen MR) is 50.7 cm³/mol. The lowest BCUT2D eigenvalue weighted by Crippen LogP contribution is -2.04. The van der Waals surface area contributed by atoms with Crippen LogP contribution in [0.1, 0.15) is 25.0 Å². The Kier molecular flexibility index (Phi) is 3.36. The van der Waals surface area contributed by atoms with Gasteiger partial charge in [-0.25, -0.2) is 8.78 Å². The molecule has 0 saturated carbocycles. The zero-order valence-corrected chi connectivity index (χ0v) is 7.93. The summed E-state index contributed by atoms with van der Waals surface area (Å²) < 4.78 is 26.2. The Labute approximate surface area is 81.7 Å². The lowest BCUT2D eigenvalue weighted by molar-refractivity contribution is 0.168. The SMILES string of the molecule is C=C(C)CC(O)c1c(F)cccc1F. The third-order valence-corrected chi connectivity index (χ3v) is 1.87. The summed E-state index contributed by atoms with van der Waals surface area (Å²) in [6, 6.07) is 3.52. The monoisotopic (exact) mass is 198 g/mol. The third kappa shape index (κ3) is 2.39. The van der Waals surface area contributed by atoms with E-state index in [4.69, 9.17) is 0 Å². The number of benzene rings is 1. The highest BCUT2D eigenvalue weighted by Crippen LogP contribution is 2.25. The highest BCUT2D eigenvalue weighted by atomic mass is 19.1. The van der Waals surface area contributed by atoms with Gasteiger partial charge in [-0.2, -0.15) is 0 Å². The average molecular weight is 198 g/mol. The lowest BCUT2D eigenvalue weighted by atomic mass is 10.0. The molecule has 0 aliphatic carbocycles. The van der Waals surface area contributed by atoms with Crippen LogP contribution in [-0.2, 0) is 0 Å². The number of aliphatic hydroxyl groups is 1. The summed E-state index contributed by atoms with van der Waals surface area (Å²) in [6.45, 7) is 5.27. The van der Waals surface area contributed by atoms with Crippen molar-refractivity contribution in [1.82, 2.24) is 0 Å². The van der Waals surface area contributed by atoms with Gasteiger partial charge in [-0.1, -0.05) is 11.6 Å². The number of hydrogen-bond acceptors (Lipinski definition) is 1. The molecule has 1 aromatic carbocycles. The molecule has 0 bridgehead atoms. The van der Waals surface area contributed by atoms with E-state index in [0.29, 0.717) is 5.57 Å². The summed E-state index contributed by atoms with van der Waals surface area (Å²) in [5.74, 6) is -1.45. The third-order valence-electron chi connectivity index (χ3n) is 1.87. The van der Waals surface area contributed by atoms with Gasteiger partial charge in [0.25, 0.3) is 0 Å². The Hall–Kier alpha value is -1.22. The van der Waals surface area contributed by atoms with Crippen molar-refractivity contribution in [1.29, 1.82) is 0 Å². The van der Waals surface area contributed by atoms with E-state index in [-0.39, 0.29) is 12.0 Å². The van der Waals surface area contributed by atoms with Crippen LogP contribution in [0.25, 0.3) is 0 Å². The molecule has 0 heterocycles. The molecule has 14 heavy (non-hydrogen) atoms. The lowest BCUT2D eigenvalue weighted by Gasteiger charge is -2.12. The maximum Gasteiger partial charge on any atom is 0.131 e. The van der Waals surface area contributed by atoms with Crippen LogP contribution in [0.3, 0.4) is 0 Å². The maximum atomic E-state index is 13.1. The molecule has 0 aliphatic rings. The van der Waals surface area contributed by atoms with E-state index < -0.39 is 17.7 Å². The summed E-state index contributed by atoms with van der Waals surface area (Å²) in [7, 11) is 0. The first-order valence-corrected chi connectivity index (χ1v) is 4.28. The van der Waals surface area contributed by atoms with Crippen LogP contribution < -0.4 is 0 Å². The van der Waals surface area contributed by atoms with E-state index in [2.05, 4.69) is 6.58 Å². The first-order valence-electron chi connectivity index (χ1n) is 4.28. The first-order chi connectivity index (χ1) is 6.52. The summed E-state index contributed by atoms with van der Waals surface area (Å²) >= 11 is 0. The zero-order chi connectivity index (χ0) is 10.7. The molecule has 0 radical (unpaired) electrons. The second-order valence-electron chi connectivity index (χ2n) is 3.31. The summed E-state index contributed by atoms with van der Waals surface area (Å²) in [5, 5.41) is 9.51. The van der Waals surface area contributed by atoms with Crippen LogP contribution in [0.4, 0.5) is 8.78 Å². The molecule has 1 atom stereocenters. The van der Waals surface area contributed by atoms with Gasteiger partial charge in [0.15, 0.2) is 0 Å². The van der Waals surface area contributed by atoms with Gasteiger partial charge in [0, 0.05) is 0 Å². The fraction of sp³-hybridized carbons (Fsp3) is 0.273. The molecule has 0 fully saturated rings. The van der Waals surface area contributed by atoms with Crippen LogP contribution in [0.5, 0.6) is 0 Å². The molecule has 1 N–H and O–H groups in total. The summed E-state index contributed by atoms with van der Waals surface area (Å²) in [6.07, 6.45) is -0.994. The number of rotatable bonds is 3. The fourth-order valence-electron chi connectivity index (χ4n) is 1.26. The van der Waals surface area contributed by atoms with Gasteiger partial charge in [-0.15, -0.1) is 6.58 Å². The molecule has 1 unspecified atom stereocenters. The fourth-order valence-corrected chi connectivity index (χ4v) is 1.26. The minimum absolute atomic E-state index is 0.165. The predicted octanol–water partition coefficient (Wildman–Crippen LogP) is 2.96. The van der Waals surface area contributed by atoms with Gasteiger partial charge in [0.05, 0.1) is 11.7 Å². The molecule has 0 aromatic heterocycles. The molecule has 1 aromatic rings. The molecule has 0 amide bonds. The van der Waals surface area contributed by atoms with E-state index in [9.17, 15) is 13.9 Å².